The minimum Gasteiger partial charge on any atom is -0.396 e. The molecule has 0 aliphatic heterocycles. The molecule has 2 nitrogen and oxygen atoms in total. The van der Waals surface area contributed by atoms with Crippen molar-refractivity contribution in [1.29, 1.82) is 0 Å². The second-order valence-electron chi connectivity index (χ2n) is 4.82. The normalized spacial score (nSPS) is 15.0. The monoisotopic (exact) mass is 229 g/mol. The summed E-state index contributed by atoms with van der Waals surface area (Å²) in [6, 6.07) is 0.679. The molecule has 0 aromatic heterocycles. The van der Waals surface area contributed by atoms with E-state index in [1.165, 1.54) is 38.5 Å². The smallest absolute Gasteiger partial charge is 0.0434 e. The molecule has 0 saturated heterocycles. The topological polar surface area (TPSA) is 32.3 Å². The first-order chi connectivity index (χ1) is 7.78. The quantitative estimate of drug-likeness (QED) is 0.569. The van der Waals surface area contributed by atoms with Crippen molar-refractivity contribution in [2.75, 3.05) is 13.2 Å². The van der Waals surface area contributed by atoms with Crippen LogP contribution in [0.5, 0.6) is 0 Å². The average Bonchev–Trinajstić information content (AvgIpc) is 2.30. The number of nitrogens with one attached hydrogen (secondary N) is 1. The van der Waals surface area contributed by atoms with E-state index in [9.17, 15) is 0 Å². The number of hydrogen-bond donors (Lipinski definition) is 2. The molecule has 0 rings (SSSR count). The summed E-state index contributed by atoms with van der Waals surface area (Å²) in [5.74, 6) is 0.658. The minimum absolute atomic E-state index is 0.331. The van der Waals surface area contributed by atoms with Crippen LogP contribution in [-0.2, 0) is 0 Å². The van der Waals surface area contributed by atoms with Gasteiger partial charge in [0.05, 0.1) is 0 Å². The Morgan fingerprint density at radius 1 is 1.00 bits per heavy atom. The Morgan fingerprint density at radius 3 is 2.25 bits per heavy atom. The molecule has 16 heavy (non-hydrogen) atoms. The zero-order valence-corrected chi connectivity index (χ0v) is 11.5. The highest BCUT2D eigenvalue weighted by atomic mass is 16.3. The van der Waals surface area contributed by atoms with Crippen molar-refractivity contribution in [3.05, 3.63) is 0 Å². The number of hydrogen-bond acceptors (Lipinski definition) is 2. The van der Waals surface area contributed by atoms with Crippen LogP contribution in [-0.4, -0.2) is 24.3 Å². The van der Waals surface area contributed by atoms with Gasteiger partial charge in [-0.05, 0) is 38.1 Å². The summed E-state index contributed by atoms with van der Waals surface area (Å²) in [6.45, 7) is 8.14. The van der Waals surface area contributed by atoms with Gasteiger partial charge < -0.3 is 10.4 Å². The van der Waals surface area contributed by atoms with E-state index in [4.69, 9.17) is 5.11 Å². The van der Waals surface area contributed by atoms with E-state index in [0.29, 0.717) is 18.6 Å². The fourth-order valence-corrected chi connectivity index (χ4v) is 2.17. The molecule has 0 saturated carbocycles. The van der Waals surface area contributed by atoms with Gasteiger partial charge >= 0.3 is 0 Å². The van der Waals surface area contributed by atoms with Gasteiger partial charge in [-0.15, -0.1) is 0 Å². The lowest BCUT2D eigenvalue weighted by Crippen LogP contribution is -2.33. The molecule has 0 aliphatic rings. The second-order valence-corrected chi connectivity index (χ2v) is 4.82. The molecule has 0 heterocycles. The highest BCUT2D eigenvalue weighted by Crippen LogP contribution is 2.11. The van der Waals surface area contributed by atoms with Crippen LogP contribution >= 0.6 is 0 Å². The maximum absolute atomic E-state index is 9.00. The van der Waals surface area contributed by atoms with Gasteiger partial charge in [0.2, 0.25) is 0 Å². The largest absolute Gasteiger partial charge is 0.396 e. The van der Waals surface area contributed by atoms with Crippen molar-refractivity contribution < 1.29 is 5.11 Å². The number of aliphatic hydroxyl groups excluding tert-OH is 1. The summed E-state index contributed by atoms with van der Waals surface area (Å²) in [6.07, 6.45) is 8.53. The summed E-state index contributed by atoms with van der Waals surface area (Å²) in [7, 11) is 0. The molecule has 2 heteroatoms. The van der Waals surface area contributed by atoms with Crippen LogP contribution in [0.4, 0.5) is 0 Å². The van der Waals surface area contributed by atoms with Crippen molar-refractivity contribution in [1.82, 2.24) is 5.32 Å². The molecule has 0 amide bonds. The van der Waals surface area contributed by atoms with E-state index in [1.807, 2.05) is 0 Å². The summed E-state index contributed by atoms with van der Waals surface area (Å²) in [4.78, 5) is 0. The third-order valence-electron chi connectivity index (χ3n) is 3.33. The lowest BCUT2D eigenvalue weighted by Gasteiger charge is -2.21. The number of unbranched alkanes of at least 4 members (excludes halogenated alkanes) is 1. The SMILES string of the molecule is CCCCC(CC)NCC(CCC)CCO. The summed E-state index contributed by atoms with van der Waals surface area (Å²) < 4.78 is 0. The Hall–Kier alpha value is -0.0800. The first kappa shape index (κ1) is 15.9. The third kappa shape index (κ3) is 8.12. The lowest BCUT2D eigenvalue weighted by molar-refractivity contribution is 0.243. The summed E-state index contributed by atoms with van der Waals surface area (Å²) in [5.41, 5.74) is 0. The standard InChI is InChI=1S/C14H31NO/c1-4-7-9-14(6-3)15-12-13(8-5-2)10-11-16/h13-16H,4-12H2,1-3H3. The van der Waals surface area contributed by atoms with E-state index in [1.54, 1.807) is 0 Å². The van der Waals surface area contributed by atoms with E-state index in [0.717, 1.165) is 13.0 Å². The van der Waals surface area contributed by atoms with Gasteiger partial charge in [-0.1, -0.05) is 40.0 Å². The predicted octanol–water partition coefficient (Wildman–Crippen LogP) is 3.34. The minimum atomic E-state index is 0.331. The van der Waals surface area contributed by atoms with Crippen molar-refractivity contribution in [3.63, 3.8) is 0 Å². The van der Waals surface area contributed by atoms with E-state index < -0.39 is 0 Å². The molecule has 0 aliphatic carbocycles. The van der Waals surface area contributed by atoms with Gasteiger partial charge in [-0.25, -0.2) is 0 Å². The average molecular weight is 229 g/mol. The van der Waals surface area contributed by atoms with Crippen LogP contribution in [0.3, 0.4) is 0 Å². The molecule has 0 fully saturated rings. The van der Waals surface area contributed by atoms with Crippen LogP contribution in [0.2, 0.25) is 0 Å². The van der Waals surface area contributed by atoms with Gasteiger partial charge in [0.1, 0.15) is 0 Å². The van der Waals surface area contributed by atoms with Crippen molar-refractivity contribution in [3.8, 4) is 0 Å². The molecule has 0 radical (unpaired) electrons. The summed E-state index contributed by atoms with van der Waals surface area (Å²) in [5, 5.41) is 12.7. The first-order valence-corrected chi connectivity index (χ1v) is 7.12. The molecule has 2 unspecified atom stereocenters. The van der Waals surface area contributed by atoms with Gasteiger partial charge in [-0.2, -0.15) is 0 Å². The maximum Gasteiger partial charge on any atom is 0.0434 e. The molecule has 0 spiro atoms. The van der Waals surface area contributed by atoms with Gasteiger partial charge in [-0.3, -0.25) is 0 Å². The van der Waals surface area contributed by atoms with Gasteiger partial charge in [0.15, 0.2) is 0 Å². The van der Waals surface area contributed by atoms with Gasteiger partial charge in [0.25, 0.3) is 0 Å². The molecule has 98 valence electrons. The van der Waals surface area contributed by atoms with E-state index in [-0.39, 0.29) is 0 Å². The van der Waals surface area contributed by atoms with Crippen molar-refractivity contribution in [2.45, 2.75) is 71.8 Å². The summed E-state index contributed by atoms with van der Waals surface area (Å²) >= 11 is 0. The molecular weight excluding hydrogens is 198 g/mol. The van der Waals surface area contributed by atoms with E-state index >= 15 is 0 Å². The molecule has 0 aromatic carbocycles. The van der Waals surface area contributed by atoms with Gasteiger partial charge in [0, 0.05) is 12.6 Å². The molecule has 2 atom stereocenters. The number of aliphatic hydroxyl groups is 1. The van der Waals surface area contributed by atoms with Crippen LogP contribution < -0.4 is 5.32 Å². The fraction of sp³-hybridized carbons (Fsp3) is 1.00. The van der Waals surface area contributed by atoms with Crippen molar-refractivity contribution in [2.24, 2.45) is 5.92 Å². The lowest BCUT2D eigenvalue weighted by atomic mass is 9.99. The number of rotatable bonds is 11. The molecular formula is C14H31NO. The Balaban J connectivity index is 3.76. The zero-order valence-electron chi connectivity index (χ0n) is 11.5. The molecule has 2 N–H and O–H groups in total. The Bertz CT molecular complexity index is 133. The zero-order chi connectivity index (χ0) is 12.2. The molecule has 0 aromatic rings. The fourth-order valence-electron chi connectivity index (χ4n) is 2.17. The van der Waals surface area contributed by atoms with E-state index in [2.05, 4.69) is 26.1 Å². The molecule has 0 bridgehead atoms. The van der Waals surface area contributed by atoms with Crippen LogP contribution in [0.1, 0.15) is 65.7 Å². The van der Waals surface area contributed by atoms with Crippen LogP contribution in [0.15, 0.2) is 0 Å². The predicted molar refractivity (Wildman–Crippen MR) is 71.7 cm³/mol. The Kier molecular flexibility index (Phi) is 11.3. The second kappa shape index (κ2) is 11.4. The Labute approximate surface area is 102 Å². The third-order valence-corrected chi connectivity index (χ3v) is 3.33. The van der Waals surface area contributed by atoms with Crippen LogP contribution in [0, 0.1) is 5.92 Å². The van der Waals surface area contributed by atoms with Crippen molar-refractivity contribution >= 4 is 0 Å². The van der Waals surface area contributed by atoms with Crippen LogP contribution in [0.25, 0.3) is 0 Å². The Morgan fingerprint density at radius 2 is 1.75 bits per heavy atom. The highest BCUT2D eigenvalue weighted by Gasteiger charge is 2.10. The first-order valence-electron chi connectivity index (χ1n) is 7.12. The highest BCUT2D eigenvalue weighted by molar-refractivity contribution is 4.69. The maximum atomic E-state index is 9.00.